The first-order valence-corrected chi connectivity index (χ1v) is 14.8. The minimum Gasteiger partial charge on any atom is -0.463 e. The van der Waals surface area contributed by atoms with Crippen LogP contribution in [0, 0.1) is 0 Å². The molecule has 4 aromatic carbocycles. The molecule has 11 heteroatoms. The number of nitrogens with zero attached hydrogens (tertiary/aromatic N) is 4. The summed E-state index contributed by atoms with van der Waals surface area (Å²) in [5, 5.41) is 1.57. The molecule has 8 rings (SSSR count). The zero-order valence-corrected chi connectivity index (χ0v) is 22.9. The number of aromatic nitrogens is 2. The topological polar surface area (TPSA) is 128 Å². The Morgan fingerprint density at radius 3 is 1.61 bits per heavy atom. The van der Waals surface area contributed by atoms with Gasteiger partial charge in [-0.2, -0.15) is 4.98 Å². The lowest BCUT2D eigenvalue weighted by Crippen LogP contribution is -2.38. The van der Waals surface area contributed by atoms with Crippen LogP contribution in [0.5, 0.6) is 5.88 Å². The van der Waals surface area contributed by atoms with E-state index in [-0.39, 0.29) is 15.8 Å². The monoisotopic (exact) mass is 578 g/mol. The minimum absolute atomic E-state index is 0.148. The average Bonchev–Trinajstić information content (AvgIpc) is 3.72. The minimum atomic E-state index is -0.712. The Labute approximate surface area is 237 Å². The summed E-state index contributed by atoms with van der Waals surface area (Å²) in [6.07, 6.45) is 4.44. The third-order valence-corrected chi connectivity index (χ3v) is 9.94. The predicted octanol–water partition coefficient (Wildman–Crippen LogP) is 3.78. The highest BCUT2D eigenvalue weighted by atomic mass is 32.1. The normalized spacial score (nSPS) is 15.6. The fourth-order valence-electron chi connectivity index (χ4n) is 5.94. The van der Waals surface area contributed by atoms with E-state index in [4.69, 9.17) is 9.72 Å². The molecule has 200 valence electrons. The van der Waals surface area contributed by atoms with Crippen LogP contribution in [0.3, 0.4) is 0 Å². The Morgan fingerprint density at radius 1 is 0.634 bits per heavy atom. The van der Waals surface area contributed by atoms with Crippen LogP contribution in [-0.2, 0) is 5.60 Å². The number of rotatable bonds is 2. The van der Waals surface area contributed by atoms with Gasteiger partial charge in [0.25, 0.3) is 0 Å². The highest BCUT2D eigenvalue weighted by molar-refractivity contribution is 7.25. The van der Waals surface area contributed by atoms with E-state index in [2.05, 4.69) is 15.0 Å². The lowest BCUT2D eigenvalue weighted by Gasteiger charge is -2.38. The first-order chi connectivity index (χ1) is 19.9. The lowest BCUT2D eigenvalue weighted by molar-refractivity contribution is 0.0170. The van der Waals surface area contributed by atoms with Crippen LogP contribution in [-0.4, -0.2) is 9.97 Å². The molecule has 1 spiro atoms. The van der Waals surface area contributed by atoms with Crippen molar-refractivity contribution in [2.75, 3.05) is 0 Å². The average molecular weight is 579 g/mol. The maximum absolute atomic E-state index is 13.0. The van der Waals surface area contributed by atoms with Gasteiger partial charge in [0.15, 0.2) is 16.3 Å². The Kier molecular flexibility index (Phi) is 5.20. The summed E-state index contributed by atoms with van der Waals surface area (Å²) < 4.78 is 6.55. The van der Waals surface area contributed by atoms with Crippen molar-refractivity contribution in [1.29, 1.82) is 0 Å². The molecule has 2 aromatic heterocycles. The molecule has 0 unspecified atom stereocenters. The molecule has 9 nitrogen and oxygen atoms in total. The van der Waals surface area contributed by atoms with Gasteiger partial charge in [0.1, 0.15) is 10.6 Å². The second kappa shape index (κ2) is 8.76. The fourth-order valence-corrected chi connectivity index (χ4v) is 7.97. The van der Waals surface area contributed by atoms with E-state index >= 15 is 0 Å². The number of ether oxygens (including phenoxy) is 1. The third kappa shape index (κ3) is 3.52. The number of benzene rings is 2. The quantitative estimate of drug-likeness (QED) is 0.306. The molecule has 2 aliphatic rings. The largest absolute Gasteiger partial charge is 0.463 e. The number of thiazole rings is 2. The molecule has 0 atom stereocenters. The lowest BCUT2D eigenvalue weighted by atomic mass is 9.81. The van der Waals surface area contributed by atoms with Crippen LogP contribution in [0.1, 0.15) is 37.8 Å². The van der Waals surface area contributed by atoms with E-state index in [0.717, 1.165) is 37.0 Å². The van der Waals surface area contributed by atoms with Gasteiger partial charge in [-0.15, -0.1) is 0 Å². The van der Waals surface area contributed by atoms with Crippen molar-refractivity contribution < 1.29 is 4.74 Å². The smallest absolute Gasteiger partial charge is 0.236 e. The zero-order chi connectivity index (χ0) is 27.9. The van der Waals surface area contributed by atoms with Crippen molar-refractivity contribution in [1.82, 2.24) is 9.97 Å². The molecule has 1 aliphatic heterocycles. The maximum Gasteiger partial charge on any atom is 0.236 e. The molecule has 41 heavy (non-hydrogen) atoms. The van der Waals surface area contributed by atoms with Crippen LogP contribution in [0.25, 0.3) is 31.3 Å². The molecule has 0 radical (unpaired) electrons. The molecule has 0 saturated heterocycles. The van der Waals surface area contributed by atoms with Gasteiger partial charge in [0.2, 0.25) is 37.9 Å². The molecule has 1 fully saturated rings. The summed E-state index contributed by atoms with van der Waals surface area (Å²) in [4.78, 5) is 71.5. The van der Waals surface area contributed by atoms with Crippen LogP contribution >= 0.6 is 22.7 Å². The SMILES string of the molecule is O=c1c(=Nc2nc3c(s2)-c2sc(N=c4c(=O)c5ccccc5c4=O)nc2C2(CCCCC2)O3)c(=O)c2ccccc12. The van der Waals surface area contributed by atoms with Crippen molar-refractivity contribution in [3.8, 4) is 15.6 Å². The Balaban J connectivity index is 1.32. The first-order valence-electron chi connectivity index (χ1n) is 13.2. The fraction of sp³-hybridized carbons (Fsp3) is 0.200. The summed E-state index contributed by atoms with van der Waals surface area (Å²) >= 11 is 2.47. The number of hydrogen-bond acceptors (Lipinski definition) is 11. The van der Waals surface area contributed by atoms with Gasteiger partial charge in [-0.05, 0) is 25.7 Å². The van der Waals surface area contributed by atoms with E-state index in [1.54, 1.807) is 48.5 Å². The molecule has 1 aliphatic carbocycles. The van der Waals surface area contributed by atoms with E-state index < -0.39 is 27.3 Å². The molecular weight excluding hydrogens is 560 g/mol. The van der Waals surface area contributed by atoms with Crippen LogP contribution in [0.15, 0.2) is 77.7 Å². The Bertz CT molecular complexity index is 2280. The van der Waals surface area contributed by atoms with Crippen molar-refractivity contribution in [2.24, 2.45) is 9.98 Å². The summed E-state index contributed by atoms with van der Waals surface area (Å²) in [5.74, 6) is 0.377. The van der Waals surface area contributed by atoms with Gasteiger partial charge in [0, 0.05) is 21.5 Å². The molecule has 0 bridgehead atoms. The van der Waals surface area contributed by atoms with Crippen LogP contribution < -0.4 is 37.2 Å². The third-order valence-electron chi connectivity index (χ3n) is 7.90. The highest BCUT2D eigenvalue weighted by Gasteiger charge is 2.46. The first kappa shape index (κ1) is 24.3. The standard InChI is InChI=1S/C30H18N4O5S2/c35-20-14-8-2-3-9-15(14)21(36)18(20)31-28-33-26-24(40-28)25-27(39-30(26)12-6-1-7-13-30)34-29(41-25)32-19-22(37)16-10-4-5-11-17(16)23(19)38/h2-5,8-11H,1,6-7,12-13H2. The Hall–Kier alpha value is -4.48. The van der Waals surface area contributed by atoms with Crippen molar-refractivity contribution >= 4 is 54.5 Å². The molecule has 3 heterocycles. The second-order valence-corrected chi connectivity index (χ2v) is 12.2. The van der Waals surface area contributed by atoms with E-state index in [0.29, 0.717) is 43.1 Å². The van der Waals surface area contributed by atoms with Gasteiger partial charge in [-0.25, -0.2) is 15.0 Å². The summed E-state index contributed by atoms with van der Waals surface area (Å²) in [7, 11) is 0. The van der Waals surface area contributed by atoms with Gasteiger partial charge >= 0.3 is 0 Å². The molecule has 0 amide bonds. The summed E-state index contributed by atoms with van der Waals surface area (Å²) in [5.41, 5.74) is -1.67. The summed E-state index contributed by atoms with van der Waals surface area (Å²) in [6, 6.07) is 13.3. The van der Waals surface area contributed by atoms with Gasteiger partial charge in [-0.3, -0.25) is 19.2 Å². The van der Waals surface area contributed by atoms with Gasteiger partial charge < -0.3 is 4.74 Å². The highest BCUT2D eigenvalue weighted by Crippen LogP contribution is 2.56. The molecule has 0 N–H and O–H groups in total. The molecule has 1 saturated carbocycles. The second-order valence-electron chi connectivity index (χ2n) is 10.3. The van der Waals surface area contributed by atoms with Gasteiger partial charge in [-0.1, -0.05) is 77.6 Å². The molecular formula is C30H18N4O5S2. The number of hydrogen-bond donors (Lipinski definition) is 0. The van der Waals surface area contributed by atoms with Gasteiger partial charge in [0.05, 0.1) is 4.88 Å². The zero-order valence-electron chi connectivity index (χ0n) is 21.3. The molecule has 6 aromatic rings. The van der Waals surface area contributed by atoms with E-state index in [1.807, 2.05) is 0 Å². The van der Waals surface area contributed by atoms with Crippen molar-refractivity contribution in [2.45, 2.75) is 37.7 Å². The van der Waals surface area contributed by atoms with Crippen molar-refractivity contribution in [3.63, 3.8) is 0 Å². The maximum atomic E-state index is 13.0. The van der Waals surface area contributed by atoms with Crippen LogP contribution in [0.2, 0.25) is 0 Å². The van der Waals surface area contributed by atoms with Crippen LogP contribution in [0.4, 0.5) is 10.3 Å². The summed E-state index contributed by atoms with van der Waals surface area (Å²) in [6.45, 7) is 0. The van der Waals surface area contributed by atoms with E-state index in [1.165, 1.54) is 22.7 Å². The van der Waals surface area contributed by atoms with Crippen molar-refractivity contribution in [3.05, 3.63) is 106 Å². The van der Waals surface area contributed by atoms with E-state index in [9.17, 15) is 19.2 Å². The Morgan fingerprint density at radius 2 is 1.10 bits per heavy atom. The predicted molar refractivity (Wildman–Crippen MR) is 157 cm³/mol. The number of fused-ring (bicyclic) bond motifs is 6.